The molecule has 1 saturated heterocycles. The number of thioether (sulfide) groups is 1. The Morgan fingerprint density at radius 1 is 1.43 bits per heavy atom. The lowest BCUT2D eigenvalue weighted by Gasteiger charge is -2.27. The molecular formula is C14H22N4O2S. The van der Waals surface area contributed by atoms with Gasteiger partial charge in [0.1, 0.15) is 24.0 Å². The quantitative estimate of drug-likeness (QED) is 0.831. The first-order valence-electron chi connectivity index (χ1n) is 7.20. The summed E-state index contributed by atoms with van der Waals surface area (Å²) in [5, 5.41) is 12.3. The summed E-state index contributed by atoms with van der Waals surface area (Å²) in [6.45, 7) is 5.95. The van der Waals surface area contributed by atoms with Crippen LogP contribution in [-0.2, 0) is 4.79 Å². The smallest absolute Gasteiger partial charge is 0.326 e. The van der Waals surface area contributed by atoms with Crippen molar-refractivity contribution in [2.24, 2.45) is 5.92 Å². The zero-order valence-corrected chi connectivity index (χ0v) is 13.3. The topological polar surface area (TPSA) is 78.3 Å². The number of rotatable bonds is 6. The molecular weight excluding hydrogens is 288 g/mol. The van der Waals surface area contributed by atoms with Crippen LogP contribution in [0.5, 0.6) is 0 Å². The first-order chi connectivity index (χ1) is 10.1. The van der Waals surface area contributed by atoms with Crippen LogP contribution in [0.2, 0.25) is 0 Å². The average Bonchev–Trinajstić information content (AvgIpc) is 2.47. The van der Waals surface area contributed by atoms with E-state index in [-0.39, 0.29) is 0 Å². The zero-order valence-electron chi connectivity index (χ0n) is 12.5. The first kappa shape index (κ1) is 15.9. The number of carboxylic acid groups (broad SMARTS) is 1. The SMILES string of the molecule is CC(C)C[C@H](Nc1cc(N2CCSCC2)ncn1)C(=O)O. The van der Waals surface area contributed by atoms with Gasteiger partial charge in [-0.2, -0.15) is 11.8 Å². The van der Waals surface area contributed by atoms with Crippen LogP contribution in [-0.4, -0.2) is 51.7 Å². The minimum Gasteiger partial charge on any atom is -0.480 e. The van der Waals surface area contributed by atoms with Crippen molar-refractivity contribution in [1.82, 2.24) is 9.97 Å². The normalized spacial score (nSPS) is 16.8. The van der Waals surface area contributed by atoms with E-state index in [0.29, 0.717) is 18.2 Å². The van der Waals surface area contributed by atoms with Gasteiger partial charge in [0.05, 0.1) is 0 Å². The van der Waals surface area contributed by atoms with Crippen molar-refractivity contribution in [2.75, 3.05) is 34.8 Å². The number of carboxylic acids is 1. The van der Waals surface area contributed by atoms with Crippen LogP contribution in [0.4, 0.5) is 11.6 Å². The minimum atomic E-state index is -0.849. The number of hydrogen-bond acceptors (Lipinski definition) is 6. The fourth-order valence-corrected chi connectivity index (χ4v) is 3.17. The first-order valence-corrected chi connectivity index (χ1v) is 8.36. The summed E-state index contributed by atoms with van der Waals surface area (Å²) in [5.74, 6) is 3.08. The van der Waals surface area contributed by atoms with Crippen LogP contribution < -0.4 is 10.2 Å². The minimum absolute atomic E-state index is 0.305. The van der Waals surface area contributed by atoms with Crippen LogP contribution in [0.3, 0.4) is 0 Å². The van der Waals surface area contributed by atoms with Gasteiger partial charge in [-0.25, -0.2) is 14.8 Å². The van der Waals surface area contributed by atoms with Crippen LogP contribution in [0, 0.1) is 5.92 Å². The maximum atomic E-state index is 11.3. The Bertz CT molecular complexity index is 478. The maximum absolute atomic E-state index is 11.3. The number of carbonyl (C=O) groups is 1. The van der Waals surface area contributed by atoms with Crippen LogP contribution in [0.1, 0.15) is 20.3 Å². The number of nitrogens with one attached hydrogen (secondary N) is 1. The average molecular weight is 310 g/mol. The number of aliphatic carboxylic acids is 1. The van der Waals surface area contributed by atoms with Crippen LogP contribution in [0.25, 0.3) is 0 Å². The highest BCUT2D eigenvalue weighted by molar-refractivity contribution is 7.99. The predicted molar refractivity (Wildman–Crippen MR) is 86.1 cm³/mol. The third-order valence-corrected chi connectivity index (χ3v) is 4.26. The Morgan fingerprint density at radius 2 is 2.14 bits per heavy atom. The monoisotopic (exact) mass is 310 g/mol. The molecule has 6 nitrogen and oxygen atoms in total. The van der Waals surface area contributed by atoms with E-state index in [4.69, 9.17) is 0 Å². The molecule has 1 aromatic rings. The molecule has 2 rings (SSSR count). The van der Waals surface area contributed by atoms with E-state index in [0.717, 1.165) is 30.4 Å². The fourth-order valence-electron chi connectivity index (χ4n) is 2.26. The van der Waals surface area contributed by atoms with E-state index in [2.05, 4.69) is 20.2 Å². The van der Waals surface area contributed by atoms with Crippen LogP contribution in [0.15, 0.2) is 12.4 Å². The van der Waals surface area contributed by atoms with E-state index in [9.17, 15) is 9.90 Å². The Hall–Kier alpha value is -1.50. The Labute approximate surface area is 129 Å². The maximum Gasteiger partial charge on any atom is 0.326 e. The van der Waals surface area contributed by atoms with Crippen molar-refractivity contribution in [2.45, 2.75) is 26.3 Å². The Balaban J connectivity index is 2.07. The molecule has 0 saturated carbocycles. The third kappa shape index (κ3) is 4.77. The molecule has 1 atom stereocenters. The molecule has 0 aromatic carbocycles. The van der Waals surface area contributed by atoms with E-state index in [1.54, 1.807) is 0 Å². The fraction of sp³-hybridized carbons (Fsp3) is 0.643. The van der Waals surface area contributed by atoms with Gasteiger partial charge in [-0.15, -0.1) is 0 Å². The molecule has 0 unspecified atom stereocenters. The lowest BCUT2D eigenvalue weighted by Crippen LogP contribution is -2.34. The molecule has 0 amide bonds. The molecule has 7 heteroatoms. The number of anilines is 2. The van der Waals surface area contributed by atoms with Gasteiger partial charge in [-0.3, -0.25) is 0 Å². The second-order valence-corrected chi connectivity index (χ2v) is 6.75. The molecule has 1 aliphatic rings. The summed E-state index contributed by atoms with van der Waals surface area (Å²) in [7, 11) is 0. The summed E-state index contributed by atoms with van der Waals surface area (Å²) in [4.78, 5) is 22.0. The zero-order chi connectivity index (χ0) is 15.2. The molecule has 1 aromatic heterocycles. The van der Waals surface area contributed by atoms with Crippen LogP contribution >= 0.6 is 11.8 Å². The summed E-state index contributed by atoms with van der Waals surface area (Å²) in [5.41, 5.74) is 0. The largest absolute Gasteiger partial charge is 0.480 e. The molecule has 2 N–H and O–H groups in total. The lowest BCUT2D eigenvalue weighted by atomic mass is 10.0. The van der Waals surface area contributed by atoms with E-state index >= 15 is 0 Å². The highest BCUT2D eigenvalue weighted by Gasteiger charge is 2.20. The Morgan fingerprint density at radius 3 is 2.76 bits per heavy atom. The Kier molecular flexibility index (Phi) is 5.67. The van der Waals surface area contributed by atoms with Gasteiger partial charge in [0, 0.05) is 30.7 Å². The highest BCUT2D eigenvalue weighted by atomic mass is 32.2. The highest BCUT2D eigenvalue weighted by Crippen LogP contribution is 2.20. The molecule has 0 aliphatic carbocycles. The molecule has 2 heterocycles. The molecule has 0 bridgehead atoms. The van der Waals surface area contributed by atoms with Crippen molar-refractivity contribution < 1.29 is 9.90 Å². The standard InChI is InChI=1S/C14H22N4O2S/c1-10(2)7-11(14(19)20)17-12-8-13(16-9-15-12)18-3-5-21-6-4-18/h8-11H,3-7H2,1-2H3,(H,19,20)(H,15,16,17)/t11-/m0/s1. The molecule has 1 aliphatic heterocycles. The van der Waals surface area contributed by atoms with Crippen molar-refractivity contribution >= 4 is 29.4 Å². The molecule has 0 spiro atoms. The van der Waals surface area contributed by atoms with Gasteiger partial charge in [-0.05, 0) is 12.3 Å². The molecule has 1 fully saturated rings. The van der Waals surface area contributed by atoms with Gasteiger partial charge in [0.2, 0.25) is 0 Å². The van der Waals surface area contributed by atoms with E-state index in [1.807, 2.05) is 31.7 Å². The van der Waals surface area contributed by atoms with Gasteiger partial charge < -0.3 is 15.3 Å². The van der Waals surface area contributed by atoms with Gasteiger partial charge in [0.25, 0.3) is 0 Å². The number of hydrogen-bond donors (Lipinski definition) is 2. The summed E-state index contributed by atoms with van der Waals surface area (Å²) in [6, 6.07) is 1.22. The summed E-state index contributed by atoms with van der Waals surface area (Å²) in [6.07, 6.45) is 2.06. The van der Waals surface area contributed by atoms with Gasteiger partial charge >= 0.3 is 5.97 Å². The molecule has 116 valence electrons. The lowest BCUT2D eigenvalue weighted by molar-refractivity contribution is -0.138. The van der Waals surface area contributed by atoms with Crippen molar-refractivity contribution in [3.05, 3.63) is 12.4 Å². The third-order valence-electron chi connectivity index (χ3n) is 3.32. The summed E-state index contributed by atoms with van der Waals surface area (Å²) < 4.78 is 0. The van der Waals surface area contributed by atoms with Crippen molar-refractivity contribution in [1.29, 1.82) is 0 Å². The molecule has 0 radical (unpaired) electrons. The second kappa shape index (κ2) is 7.49. The number of aromatic nitrogens is 2. The van der Waals surface area contributed by atoms with E-state index in [1.165, 1.54) is 6.33 Å². The van der Waals surface area contributed by atoms with Crippen molar-refractivity contribution in [3.63, 3.8) is 0 Å². The summed E-state index contributed by atoms with van der Waals surface area (Å²) >= 11 is 1.94. The number of nitrogens with zero attached hydrogens (tertiary/aromatic N) is 3. The van der Waals surface area contributed by atoms with E-state index < -0.39 is 12.0 Å². The van der Waals surface area contributed by atoms with Gasteiger partial charge in [-0.1, -0.05) is 13.8 Å². The molecule has 21 heavy (non-hydrogen) atoms. The second-order valence-electron chi connectivity index (χ2n) is 5.53. The van der Waals surface area contributed by atoms with Crippen molar-refractivity contribution in [3.8, 4) is 0 Å². The predicted octanol–water partition coefficient (Wildman–Crippen LogP) is 1.94. The van der Waals surface area contributed by atoms with Gasteiger partial charge in [0.15, 0.2) is 0 Å².